The molecule has 1 N–H and O–H groups in total. The van der Waals surface area contributed by atoms with E-state index in [0.717, 1.165) is 11.0 Å². The lowest BCUT2D eigenvalue weighted by Gasteiger charge is -1.97. The highest BCUT2D eigenvalue weighted by Crippen LogP contribution is 2.31. The first kappa shape index (κ1) is 8.97. The van der Waals surface area contributed by atoms with E-state index in [1.165, 1.54) is 0 Å². The number of fused-ring (bicyclic) bond motifs is 1. The fourth-order valence-electron chi connectivity index (χ4n) is 1.69. The highest BCUT2D eigenvalue weighted by atomic mass is 16.3. The lowest BCUT2D eigenvalue weighted by molar-refractivity contribution is 0.472. The van der Waals surface area contributed by atoms with Gasteiger partial charge in [-0.2, -0.15) is 0 Å². The maximum Gasteiger partial charge on any atom is 0.157 e. The van der Waals surface area contributed by atoms with Crippen molar-refractivity contribution in [2.75, 3.05) is 0 Å². The van der Waals surface area contributed by atoms with E-state index in [0.29, 0.717) is 11.5 Å². The standard InChI is InChI=1S/C13H9NO2/c15-10-5-3-7-14-13(10)12-8-9-4-1-2-6-11(9)16-12/h1-8,15H. The molecular formula is C13H9NO2. The number of hydrogen-bond donors (Lipinski definition) is 1. The Morgan fingerprint density at radius 1 is 1.06 bits per heavy atom. The Hall–Kier alpha value is -2.29. The zero-order chi connectivity index (χ0) is 11.0. The monoisotopic (exact) mass is 211 g/mol. The van der Waals surface area contributed by atoms with Crippen LogP contribution in [0.5, 0.6) is 5.75 Å². The van der Waals surface area contributed by atoms with E-state index in [1.807, 2.05) is 30.3 Å². The summed E-state index contributed by atoms with van der Waals surface area (Å²) in [5.74, 6) is 0.709. The van der Waals surface area contributed by atoms with Gasteiger partial charge in [-0.15, -0.1) is 0 Å². The summed E-state index contributed by atoms with van der Waals surface area (Å²) in [6.45, 7) is 0. The molecule has 0 spiro atoms. The average molecular weight is 211 g/mol. The molecule has 0 aliphatic rings. The summed E-state index contributed by atoms with van der Waals surface area (Å²) in [6, 6.07) is 12.9. The largest absolute Gasteiger partial charge is 0.506 e. The Bertz CT molecular complexity index is 610. The van der Waals surface area contributed by atoms with E-state index in [1.54, 1.807) is 18.3 Å². The molecule has 0 saturated heterocycles. The minimum Gasteiger partial charge on any atom is -0.506 e. The summed E-state index contributed by atoms with van der Waals surface area (Å²) in [4.78, 5) is 4.10. The van der Waals surface area contributed by atoms with Crippen LogP contribution in [0.15, 0.2) is 53.1 Å². The van der Waals surface area contributed by atoms with Crippen LogP contribution in [-0.2, 0) is 0 Å². The van der Waals surface area contributed by atoms with Crippen molar-refractivity contribution in [2.45, 2.75) is 0 Å². The molecule has 0 aliphatic heterocycles. The molecule has 3 aromatic rings. The van der Waals surface area contributed by atoms with Crippen molar-refractivity contribution in [3.05, 3.63) is 48.7 Å². The molecule has 2 aromatic heterocycles. The zero-order valence-electron chi connectivity index (χ0n) is 8.42. The van der Waals surface area contributed by atoms with Crippen LogP contribution < -0.4 is 0 Å². The summed E-state index contributed by atoms with van der Waals surface area (Å²) in [7, 11) is 0. The zero-order valence-corrected chi connectivity index (χ0v) is 8.42. The third kappa shape index (κ3) is 1.34. The predicted molar refractivity (Wildman–Crippen MR) is 61.1 cm³/mol. The fourth-order valence-corrected chi connectivity index (χ4v) is 1.69. The number of aromatic nitrogens is 1. The fraction of sp³-hybridized carbons (Fsp3) is 0. The van der Waals surface area contributed by atoms with Gasteiger partial charge in [-0.05, 0) is 24.3 Å². The van der Waals surface area contributed by atoms with Crippen molar-refractivity contribution in [1.29, 1.82) is 0 Å². The molecule has 0 aliphatic carbocycles. The minimum atomic E-state index is 0.126. The molecule has 0 bridgehead atoms. The Morgan fingerprint density at radius 3 is 2.75 bits per heavy atom. The molecule has 0 amide bonds. The van der Waals surface area contributed by atoms with Gasteiger partial charge in [0.05, 0.1) is 0 Å². The van der Waals surface area contributed by atoms with Gasteiger partial charge < -0.3 is 9.52 Å². The van der Waals surface area contributed by atoms with E-state index in [9.17, 15) is 5.11 Å². The molecule has 0 saturated carbocycles. The van der Waals surface area contributed by atoms with Crippen LogP contribution in [-0.4, -0.2) is 10.1 Å². The first-order valence-electron chi connectivity index (χ1n) is 4.97. The Morgan fingerprint density at radius 2 is 1.94 bits per heavy atom. The van der Waals surface area contributed by atoms with Crippen LogP contribution in [0.4, 0.5) is 0 Å². The van der Waals surface area contributed by atoms with Crippen LogP contribution >= 0.6 is 0 Å². The van der Waals surface area contributed by atoms with E-state index in [-0.39, 0.29) is 5.75 Å². The molecular weight excluding hydrogens is 202 g/mol. The van der Waals surface area contributed by atoms with Gasteiger partial charge in [0.1, 0.15) is 17.0 Å². The molecule has 0 unspecified atom stereocenters. The van der Waals surface area contributed by atoms with E-state index < -0.39 is 0 Å². The van der Waals surface area contributed by atoms with Crippen molar-refractivity contribution in [2.24, 2.45) is 0 Å². The maximum absolute atomic E-state index is 9.67. The topological polar surface area (TPSA) is 46.3 Å². The van der Waals surface area contributed by atoms with Crippen LogP contribution in [0.2, 0.25) is 0 Å². The number of furan rings is 1. The normalized spacial score (nSPS) is 10.8. The van der Waals surface area contributed by atoms with Crippen molar-refractivity contribution in [1.82, 2.24) is 4.98 Å². The Balaban J connectivity index is 2.23. The summed E-state index contributed by atoms with van der Waals surface area (Å²) < 4.78 is 5.61. The quantitative estimate of drug-likeness (QED) is 0.672. The summed E-state index contributed by atoms with van der Waals surface area (Å²) in [5, 5.41) is 10.7. The second-order valence-corrected chi connectivity index (χ2v) is 3.52. The first-order chi connectivity index (χ1) is 7.84. The van der Waals surface area contributed by atoms with Gasteiger partial charge >= 0.3 is 0 Å². The molecule has 78 valence electrons. The molecule has 16 heavy (non-hydrogen) atoms. The number of benzene rings is 1. The van der Waals surface area contributed by atoms with Crippen LogP contribution in [0.1, 0.15) is 0 Å². The third-order valence-electron chi connectivity index (χ3n) is 2.45. The average Bonchev–Trinajstić information content (AvgIpc) is 2.73. The minimum absolute atomic E-state index is 0.126. The number of pyridine rings is 1. The summed E-state index contributed by atoms with van der Waals surface area (Å²) in [5.41, 5.74) is 1.27. The predicted octanol–water partition coefficient (Wildman–Crippen LogP) is 3.20. The number of aromatic hydroxyl groups is 1. The summed E-state index contributed by atoms with van der Waals surface area (Å²) in [6.07, 6.45) is 1.63. The van der Waals surface area contributed by atoms with Crippen molar-refractivity contribution in [3.8, 4) is 17.2 Å². The highest BCUT2D eigenvalue weighted by Gasteiger charge is 2.10. The smallest absolute Gasteiger partial charge is 0.157 e. The van der Waals surface area contributed by atoms with Gasteiger partial charge in [-0.1, -0.05) is 18.2 Å². The lowest BCUT2D eigenvalue weighted by atomic mass is 10.2. The molecule has 2 heterocycles. The molecule has 0 atom stereocenters. The SMILES string of the molecule is Oc1cccnc1-c1cc2ccccc2o1. The molecule has 0 radical (unpaired) electrons. The second-order valence-electron chi connectivity index (χ2n) is 3.52. The highest BCUT2D eigenvalue weighted by molar-refractivity contribution is 5.82. The molecule has 0 fully saturated rings. The maximum atomic E-state index is 9.67. The van der Waals surface area contributed by atoms with E-state index in [2.05, 4.69) is 4.98 Å². The van der Waals surface area contributed by atoms with Crippen LogP contribution in [0, 0.1) is 0 Å². The molecule has 3 heteroatoms. The third-order valence-corrected chi connectivity index (χ3v) is 2.45. The van der Waals surface area contributed by atoms with Gasteiger partial charge in [0.2, 0.25) is 0 Å². The number of hydrogen-bond acceptors (Lipinski definition) is 3. The Labute approximate surface area is 92.0 Å². The van der Waals surface area contributed by atoms with Gasteiger partial charge in [0.15, 0.2) is 5.76 Å². The molecule has 3 nitrogen and oxygen atoms in total. The van der Waals surface area contributed by atoms with Gasteiger partial charge in [0.25, 0.3) is 0 Å². The van der Waals surface area contributed by atoms with E-state index >= 15 is 0 Å². The lowest BCUT2D eigenvalue weighted by Crippen LogP contribution is -1.79. The number of para-hydroxylation sites is 1. The van der Waals surface area contributed by atoms with Gasteiger partial charge in [0, 0.05) is 11.6 Å². The first-order valence-corrected chi connectivity index (χ1v) is 4.97. The molecule has 1 aromatic carbocycles. The summed E-state index contributed by atoms with van der Waals surface area (Å²) >= 11 is 0. The van der Waals surface area contributed by atoms with Gasteiger partial charge in [-0.3, -0.25) is 0 Å². The second kappa shape index (κ2) is 3.38. The Kier molecular flexibility index (Phi) is 1.90. The van der Waals surface area contributed by atoms with Crippen LogP contribution in [0.3, 0.4) is 0 Å². The van der Waals surface area contributed by atoms with Crippen LogP contribution in [0.25, 0.3) is 22.4 Å². The molecule has 3 rings (SSSR count). The number of nitrogens with zero attached hydrogens (tertiary/aromatic N) is 1. The van der Waals surface area contributed by atoms with E-state index in [4.69, 9.17) is 4.42 Å². The number of rotatable bonds is 1. The van der Waals surface area contributed by atoms with Gasteiger partial charge in [-0.25, -0.2) is 4.98 Å². The van der Waals surface area contributed by atoms with Crippen molar-refractivity contribution < 1.29 is 9.52 Å². The van der Waals surface area contributed by atoms with Crippen molar-refractivity contribution >= 4 is 11.0 Å². The van der Waals surface area contributed by atoms with Crippen molar-refractivity contribution in [3.63, 3.8) is 0 Å².